The minimum absolute atomic E-state index is 0.0816. The first kappa shape index (κ1) is 29.1. The van der Waals surface area contributed by atoms with E-state index in [1.807, 2.05) is 13.8 Å². The Morgan fingerprint density at radius 3 is 2.34 bits per heavy atom. The van der Waals surface area contributed by atoms with E-state index in [-0.39, 0.29) is 29.7 Å². The van der Waals surface area contributed by atoms with Crippen LogP contribution in [0.4, 0.5) is 0 Å². The van der Waals surface area contributed by atoms with Gasteiger partial charge in [0.2, 0.25) is 0 Å². The van der Waals surface area contributed by atoms with Crippen molar-refractivity contribution in [2.24, 2.45) is 35.5 Å². The molecule has 1 saturated carbocycles. The molecule has 1 unspecified atom stereocenters. The molecule has 0 amide bonds. The van der Waals surface area contributed by atoms with Crippen molar-refractivity contribution in [1.29, 1.82) is 5.26 Å². The van der Waals surface area contributed by atoms with Crippen LogP contribution in [-0.2, 0) is 14.3 Å². The first-order valence-electron chi connectivity index (χ1n) is 13.1. The average molecular weight is 490 g/mol. The molecular weight excluding hydrogens is 446 g/mol. The third-order valence-corrected chi connectivity index (χ3v) is 7.80. The number of hydrogen-bond acceptors (Lipinski definition) is 6. The fourth-order valence-corrected chi connectivity index (χ4v) is 5.97. The maximum atomic E-state index is 12.7. The molecule has 0 bridgehead atoms. The van der Waals surface area contributed by atoms with E-state index in [4.69, 9.17) is 4.74 Å². The topological polar surface area (TPSA) is 128 Å². The van der Waals surface area contributed by atoms with E-state index >= 15 is 0 Å². The van der Waals surface area contributed by atoms with Crippen molar-refractivity contribution in [2.45, 2.75) is 97.4 Å². The minimum atomic E-state index is -0.882. The van der Waals surface area contributed by atoms with Crippen LogP contribution in [0.5, 0.6) is 0 Å². The molecule has 1 fully saturated rings. The minimum Gasteiger partial charge on any atom is -0.481 e. The van der Waals surface area contributed by atoms with Gasteiger partial charge in [-0.15, -0.1) is 0 Å². The van der Waals surface area contributed by atoms with Gasteiger partial charge in [-0.2, -0.15) is 5.26 Å². The number of carboxylic acids is 1. The number of carboxylic acid groups (broad SMARTS) is 1. The summed E-state index contributed by atoms with van der Waals surface area (Å²) in [6, 6.07) is 2.10. The lowest BCUT2D eigenvalue weighted by atomic mass is 9.82. The van der Waals surface area contributed by atoms with E-state index in [2.05, 4.69) is 19.9 Å². The van der Waals surface area contributed by atoms with Gasteiger partial charge >= 0.3 is 11.9 Å². The largest absolute Gasteiger partial charge is 0.481 e. The summed E-state index contributed by atoms with van der Waals surface area (Å²) in [7, 11) is 0. The molecule has 3 N–H and O–H groups in total. The molecule has 2 rings (SSSR count). The lowest BCUT2D eigenvalue weighted by molar-refractivity contribution is -0.159. The highest BCUT2D eigenvalue weighted by Crippen LogP contribution is 2.37. The molecule has 0 radical (unpaired) electrons. The summed E-state index contributed by atoms with van der Waals surface area (Å²) in [5.41, 5.74) is 0.282. The van der Waals surface area contributed by atoms with E-state index in [1.54, 1.807) is 18.2 Å². The number of carbonyl (C=O) groups is 2. The van der Waals surface area contributed by atoms with Gasteiger partial charge in [-0.05, 0) is 61.9 Å². The van der Waals surface area contributed by atoms with E-state index < -0.39 is 36.2 Å². The van der Waals surface area contributed by atoms with Crippen molar-refractivity contribution in [2.75, 3.05) is 0 Å². The van der Waals surface area contributed by atoms with Crippen molar-refractivity contribution in [1.82, 2.24) is 0 Å². The number of carbonyl (C=O) groups excluding carboxylic acids is 1. The second-order valence-electron chi connectivity index (χ2n) is 11.1. The fourth-order valence-electron chi connectivity index (χ4n) is 5.97. The molecule has 0 aromatic rings. The number of aliphatic carboxylic acids is 1. The van der Waals surface area contributed by atoms with Gasteiger partial charge < -0.3 is 20.1 Å². The summed E-state index contributed by atoms with van der Waals surface area (Å²) in [6.45, 7) is 8.16. The Kier molecular flexibility index (Phi) is 11.5. The summed E-state index contributed by atoms with van der Waals surface area (Å²) in [6.07, 6.45) is 7.33. The molecule has 1 aliphatic heterocycles. The molecule has 0 aromatic carbocycles. The lowest BCUT2D eigenvalue weighted by Gasteiger charge is -2.28. The maximum absolute atomic E-state index is 12.7. The molecular formula is C28H43NO6. The van der Waals surface area contributed by atoms with Crippen LogP contribution in [0.2, 0.25) is 0 Å². The molecule has 1 heterocycles. The lowest BCUT2D eigenvalue weighted by Crippen LogP contribution is -2.34. The number of cyclic esters (lactones) is 1. The summed E-state index contributed by atoms with van der Waals surface area (Å²) >= 11 is 0. The van der Waals surface area contributed by atoms with Gasteiger partial charge in [0.05, 0.1) is 36.2 Å². The second kappa shape index (κ2) is 13.8. The number of hydrogen-bond donors (Lipinski definition) is 3. The average Bonchev–Trinajstić information content (AvgIpc) is 3.27. The molecule has 7 nitrogen and oxygen atoms in total. The smallest absolute Gasteiger partial charge is 0.308 e. The third kappa shape index (κ3) is 8.77. The highest BCUT2D eigenvalue weighted by molar-refractivity contribution is 5.72. The molecule has 0 aromatic heterocycles. The Morgan fingerprint density at radius 2 is 1.71 bits per heavy atom. The molecule has 7 heteroatoms. The van der Waals surface area contributed by atoms with Crippen LogP contribution in [0.25, 0.3) is 0 Å². The Bertz CT molecular complexity index is 815. The van der Waals surface area contributed by atoms with Crippen LogP contribution in [0, 0.1) is 46.8 Å². The van der Waals surface area contributed by atoms with Crippen molar-refractivity contribution >= 4 is 11.9 Å². The second-order valence-corrected chi connectivity index (χ2v) is 11.1. The monoisotopic (exact) mass is 489 g/mol. The van der Waals surface area contributed by atoms with Crippen LogP contribution < -0.4 is 0 Å². The molecule has 9 atom stereocenters. The summed E-state index contributed by atoms with van der Waals surface area (Å²) in [5.74, 6) is -1.77. The molecule has 35 heavy (non-hydrogen) atoms. The normalized spacial score (nSPS) is 40.9. The standard InChI is InChI=1S/C28H43NO6/c1-17-12-18(2)14-20(4)27(32)21(16-29)8-5-6-11-25(22-9-7-10-23(22)28(33)34)35-26(31)15-24(30)19(3)13-17/h5-6,8,17-20,22-25,27,30,32H,7,9-15H2,1-4H3,(H,33,34)/b6-5+,21-8-/t17-,18+,19-,20-,22?,23+,24-,25-,27+/m0/s1. The number of aliphatic hydroxyl groups is 2. The summed E-state index contributed by atoms with van der Waals surface area (Å²) < 4.78 is 5.77. The van der Waals surface area contributed by atoms with E-state index in [0.717, 1.165) is 25.7 Å². The summed E-state index contributed by atoms with van der Waals surface area (Å²) in [5, 5.41) is 40.6. The first-order valence-corrected chi connectivity index (χ1v) is 13.1. The third-order valence-electron chi connectivity index (χ3n) is 7.80. The van der Waals surface area contributed by atoms with Crippen LogP contribution in [0.3, 0.4) is 0 Å². The number of esters is 1. The molecule has 196 valence electrons. The van der Waals surface area contributed by atoms with Crippen LogP contribution in [-0.4, -0.2) is 45.6 Å². The molecule has 0 saturated heterocycles. The predicted octanol–water partition coefficient (Wildman–Crippen LogP) is 4.64. The van der Waals surface area contributed by atoms with Gasteiger partial charge in [0.25, 0.3) is 0 Å². The number of nitriles is 1. The molecule has 2 aliphatic rings. The number of allylic oxidation sites excluding steroid dienone is 2. The maximum Gasteiger partial charge on any atom is 0.308 e. The van der Waals surface area contributed by atoms with E-state index in [0.29, 0.717) is 31.1 Å². The number of ether oxygens (including phenoxy) is 1. The number of nitrogens with zero attached hydrogens (tertiary/aromatic N) is 1. The van der Waals surface area contributed by atoms with Gasteiger partial charge in [0.1, 0.15) is 6.10 Å². The van der Waals surface area contributed by atoms with Crippen molar-refractivity contribution in [3.05, 3.63) is 23.8 Å². The zero-order valence-electron chi connectivity index (χ0n) is 21.6. The van der Waals surface area contributed by atoms with Gasteiger partial charge in [0, 0.05) is 12.3 Å². The van der Waals surface area contributed by atoms with Crippen molar-refractivity contribution in [3.63, 3.8) is 0 Å². The first-order chi connectivity index (χ1) is 16.5. The molecule has 0 spiro atoms. The zero-order valence-corrected chi connectivity index (χ0v) is 21.6. The Labute approximate surface area is 209 Å². The quantitative estimate of drug-likeness (QED) is 0.482. The number of rotatable bonds is 2. The van der Waals surface area contributed by atoms with Crippen molar-refractivity contribution in [3.8, 4) is 6.07 Å². The highest BCUT2D eigenvalue weighted by Gasteiger charge is 2.39. The Morgan fingerprint density at radius 1 is 1.06 bits per heavy atom. The van der Waals surface area contributed by atoms with Crippen LogP contribution >= 0.6 is 0 Å². The van der Waals surface area contributed by atoms with Crippen LogP contribution in [0.15, 0.2) is 23.8 Å². The molecule has 1 aliphatic carbocycles. The van der Waals surface area contributed by atoms with E-state index in [9.17, 15) is 30.2 Å². The van der Waals surface area contributed by atoms with Gasteiger partial charge in [0.15, 0.2) is 0 Å². The SMILES string of the molecule is C[C@@H]1C[C@H](C)C[C@H](C)[C@@H](O)CC(=O)O[C@H](C2CCC[C@H]2C(=O)O)C/C=C/C=C(/C#N)[C@H](O)[C@@H](C)C1. The summed E-state index contributed by atoms with van der Waals surface area (Å²) in [4.78, 5) is 24.5. The zero-order chi connectivity index (χ0) is 26.1. The van der Waals surface area contributed by atoms with Gasteiger partial charge in [-0.25, -0.2) is 0 Å². The number of aliphatic hydroxyl groups excluding tert-OH is 2. The highest BCUT2D eigenvalue weighted by atomic mass is 16.5. The Balaban J connectivity index is 2.30. The fraction of sp³-hybridized carbons (Fsp3) is 0.750. The van der Waals surface area contributed by atoms with E-state index in [1.165, 1.54) is 0 Å². The predicted molar refractivity (Wildman–Crippen MR) is 133 cm³/mol. The van der Waals surface area contributed by atoms with Gasteiger partial charge in [-0.3, -0.25) is 9.59 Å². The Hall–Kier alpha value is -2.17. The van der Waals surface area contributed by atoms with Crippen LogP contribution in [0.1, 0.15) is 79.1 Å². The van der Waals surface area contributed by atoms with Gasteiger partial charge in [-0.1, -0.05) is 46.3 Å². The van der Waals surface area contributed by atoms with Crippen molar-refractivity contribution < 1.29 is 29.6 Å².